The lowest BCUT2D eigenvalue weighted by atomic mass is 10.1. The van der Waals surface area contributed by atoms with Gasteiger partial charge in [-0.15, -0.1) is 0 Å². The molecule has 6 nitrogen and oxygen atoms in total. The normalized spacial score (nSPS) is 19.8. The maximum Gasteiger partial charge on any atom is 0.313 e. The highest BCUT2D eigenvalue weighted by molar-refractivity contribution is 7.86. The zero-order valence-electron chi connectivity index (χ0n) is 14.8. The Bertz CT molecular complexity index is 927. The van der Waals surface area contributed by atoms with Gasteiger partial charge in [0.25, 0.3) is 0 Å². The molecule has 0 spiro atoms. The smallest absolute Gasteiger partial charge is 0.313 e. The van der Waals surface area contributed by atoms with E-state index in [4.69, 9.17) is 13.8 Å². The number of rotatable bonds is 6. The zero-order valence-corrected chi connectivity index (χ0v) is 15.6. The van der Waals surface area contributed by atoms with Gasteiger partial charge >= 0.3 is 10.1 Å². The van der Waals surface area contributed by atoms with Gasteiger partial charge in [0.05, 0.1) is 18.0 Å². The van der Waals surface area contributed by atoms with Crippen LogP contribution in [0.25, 0.3) is 6.08 Å². The van der Waals surface area contributed by atoms with E-state index in [2.05, 4.69) is 18.2 Å². The van der Waals surface area contributed by atoms with Crippen molar-refractivity contribution in [3.8, 4) is 5.75 Å². The first kappa shape index (κ1) is 18.2. The van der Waals surface area contributed by atoms with E-state index in [9.17, 15) is 8.42 Å². The van der Waals surface area contributed by atoms with Gasteiger partial charge in [0.1, 0.15) is 18.5 Å². The average molecular weight is 387 g/mol. The summed E-state index contributed by atoms with van der Waals surface area (Å²) in [5, 5.41) is 1.43. The SMILES string of the molecule is O=S(=O)(ON1CCOC(COc2cccc3c2CC=C3)C1)c1ccccc1. The van der Waals surface area contributed by atoms with E-state index in [1.54, 1.807) is 18.2 Å². The van der Waals surface area contributed by atoms with E-state index in [0.717, 1.165) is 12.2 Å². The highest BCUT2D eigenvalue weighted by Crippen LogP contribution is 2.29. The van der Waals surface area contributed by atoms with Gasteiger partial charge in [0, 0.05) is 12.1 Å². The summed E-state index contributed by atoms with van der Waals surface area (Å²) in [5.74, 6) is 0.844. The van der Waals surface area contributed by atoms with Crippen LogP contribution >= 0.6 is 0 Å². The Balaban J connectivity index is 1.36. The molecule has 0 saturated carbocycles. The van der Waals surface area contributed by atoms with Crippen LogP contribution < -0.4 is 4.74 Å². The van der Waals surface area contributed by atoms with Crippen molar-refractivity contribution in [2.45, 2.75) is 17.4 Å². The molecule has 1 saturated heterocycles. The lowest BCUT2D eigenvalue weighted by Gasteiger charge is -2.31. The highest BCUT2D eigenvalue weighted by Gasteiger charge is 2.27. The van der Waals surface area contributed by atoms with Crippen molar-refractivity contribution in [2.75, 3.05) is 26.3 Å². The van der Waals surface area contributed by atoms with Gasteiger partial charge in [-0.3, -0.25) is 0 Å². The van der Waals surface area contributed by atoms with E-state index in [0.29, 0.717) is 26.3 Å². The predicted octanol–water partition coefficient (Wildman–Crippen LogP) is 2.66. The van der Waals surface area contributed by atoms with E-state index < -0.39 is 10.1 Å². The van der Waals surface area contributed by atoms with Crippen molar-refractivity contribution in [2.24, 2.45) is 0 Å². The lowest BCUT2D eigenvalue weighted by molar-refractivity contribution is -0.150. The molecule has 0 amide bonds. The summed E-state index contributed by atoms with van der Waals surface area (Å²) in [4.78, 5) is 0.136. The number of benzene rings is 2. The fourth-order valence-corrected chi connectivity index (χ4v) is 4.20. The van der Waals surface area contributed by atoms with E-state index in [-0.39, 0.29) is 11.0 Å². The van der Waals surface area contributed by atoms with Crippen LogP contribution in [-0.4, -0.2) is 45.9 Å². The predicted molar refractivity (Wildman–Crippen MR) is 101 cm³/mol. The van der Waals surface area contributed by atoms with Gasteiger partial charge in [-0.2, -0.15) is 17.8 Å². The van der Waals surface area contributed by atoms with Crippen LogP contribution in [0.15, 0.2) is 59.5 Å². The Kier molecular flexibility index (Phi) is 5.27. The van der Waals surface area contributed by atoms with Gasteiger partial charge in [-0.25, -0.2) is 0 Å². The third-order valence-electron chi connectivity index (χ3n) is 4.55. The molecule has 4 rings (SSSR count). The largest absolute Gasteiger partial charge is 0.491 e. The molecule has 2 aliphatic rings. The van der Waals surface area contributed by atoms with Crippen LogP contribution in [0.3, 0.4) is 0 Å². The average Bonchev–Trinajstić information content (AvgIpc) is 3.16. The number of morpholine rings is 1. The minimum absolute atomic E-state index is 0.136. The molecule has 27 heavy (non-hydrogen) atoms. The summed E-state index contributed by atoms with van der Waals surface area (Å²) in [5.41, 5.74) is 2.35. The number of hydrogen-bond acceptors (Lipinski definition) is 6. The summed E-state index contributed by atoms with van der Waals surface area (Å²) < 4.78 is 41.7. The van der Waals surface area contributed by atoms with Crippen LogP contribution in [0.5, 0.6) is 5.75 Å². The van der Waals surface area contributed by atoms with Crippen molar-refractivity contribution in [1.29, 1.82) is 0 Å². The molecule has 1 heterocycles. The van der Waals surface area contributed by atoms with Crippen LogP contribution in [-0.2, 0) is 25.6 Å². The molecule has 1 atom stereocenters. The molecule has 1 aliphatic carbocycles. The topological polar surface area (TPSA) is 65.1 Å². The summed E-state index contributed by atoms with van der Waals surface area (Å²) in [6, 6.07) is 14.1. The zero-order chi connectivity index (χ0) is 18.7. The van der Waals surface area contributed by atoms with Crippen LogP contribution in [0.4, 0.5) is 0 Å². The molecule has 1 unspecified atom stereocenters. The molecule has 0 bridgehead atoms. The Labute approximate surface area is 159 Å². The van der Waals surface area contributed by atoms with Gasteiger partial charge in [0.15, 0.2) is 0 Å². The summed E-state index contributed by atoms with van der Waals surface area (Å²) in [6.07, 6.45) is 4.79. The van der Waals surface area contributed by atoms with Crippen LogP contribution in [0.2, 0.25) is 0 Å². The van der Waals surface area contributed by atoms with Crippen LogP contribution in [0, 0.1) is 0 Å². The number of hydrogen-bond donors (Lipinski definition) is 0. The molecule has 2 aromatic rings. The Morgan fingerprint density at radius 1 is 1.11 bits per heavy atom. The molecule has 142 valence electrons. The first-order valence-corrected chi connectivity index (χ1v) is 10.3. The molecule has 1 aliphatic heterocycles. The number of nitrogens with zero attached hydrogens (tertiary/aromatic N) is 1. The molecular weight excluding hydrogens is 366 g/mol. The minimum atomic E-state index is -3.84. The molecule has 0 N–H and O–H groups in total. The van der Waals surface area contributed by atoms with Crippen LogP contribution in [0.1, 0.15) is 11.1 Å². The minimum Gasteiger partial charge on any atom is -0.491 e. The first-order valence-electron chi connectivity index (χ1n) is 8.89. The van der Waals surface area contributed by atoms with Crippen molar-refractivity contribution >= 4 is 16.2 Å². The molecule has 2 aromatic carbocycles. The second kappa shape index (κ2) is 7.82. The third-order valence-corrected chi connectivity index (χ3v) is 5.81. The maximum absolute atomic E-state index is 12.4. The molecular formula is C20H21NO5S. The quantitative estimate of drug-likeness (QED) is 0.759. The van der Waals surface area contributed by atoms with E-state index in [1.807, 2.05) is 12.1 Å². The number of fused-ring (bicyclic) bond motifs is 1. The molecule has 7 heteroatoms. The van der Waals surface area contributed by atoms with Crippen molar-refractivity contribution in [1.82, 2.24) is 5.06 Å². The summed E-state index contributed by atoms with van der Waals surface area (Å²) in [7, 11) is -3.84. The van der Waals surface area contributed by atoms with Crippen molar-refractivity contribution in [3.63, 3.8) is 0 Å². The monoisotopic (exact) mass is 387 g/mol. The fourth-order valence-electron chi connectivity index (χ4n) is 3.21. The van der Waals surface area contributed by atoms with E-state index in [1.165, 1.54) is 28.3 Å². The summed E-state index contributed by atoms with van der Waals surface area (Å²) >= 11 is 0. The number of allylic oxidation sites excluding steroid dienone is 1. The van der Waals surface area contributed by atoms with Gasteiger partial charge in [-0.1, -0.05) is 42.5 Å². The number of ether oxygens (including phenoxy) is 2. The van der Waals surface area contributed by atoms with E-state index >= 15 is 0 Å². The first-order chi connectivity index (χ1) is 13.1. The molecule has 1 fully saturated rings. The molecule has 0 radical (unpaired) electrons. The Hall–Kier alpha value is -2.19. The Morgan fingerprint density at radius 3 is 2.81 bits per heavy atom. The molecule has 0 aromatic heterocycles. The Morgan fingerprint density at radius 2 is 1.96 bits per heavy atom. The second-order valence-electron chi connectivity index (χ2n) is 6.46. The fraction of sp³-hybridized carbons (Fsp3) is 0.300. The summed E-state index contributed by atoms with van der Waals surface area (Å²) in [6.45, 7) is 1.42. The maximum atomic E-state index is 12.4. The third kappa shape index (κ3) is 4.22. The van der Waals surface area contributed by atoms with Crippen molar-refractivity contribution < 1.29 is 22.2 Å². The highest BCUT2D eigenvalue weighted by atomic mass is 32.2. The lowest BCUT2D eigenvalue weighted by Crippen LogP contribution is -2.45. The second-order valence-corrected chi connectivity index (χ2v) is 7.99. The van der Waals surface area contributed by atoms with Gasteiger partial charge in [-0.05, 0) is 30.2 Å². The van der Waals surface area contributed by atoms with Gasteiger partial charge < -0.3 is 9.47 Å². The van der Waals surface area contributed by atoms with Crippen molar-refractivity contribution in [3.05, 3.63) is 65.7 Å². The van der Waals surface area contributed by atoms with Gasteiger partial charge in [0.2, 0.25) is 0 Å². The number of hydroxylamine groups is 2. The standard InChI is InChI=1S/C20H21NO5S/c22-27(23,18-8-2-1-3-9-18)26-21-12-13-24-17(14-21)15-25-20-11-5-7-16-6-4-10-19(16)20/h1-9,11,17H,10,12-15H2.